The lowest BCUT2D eigenvalue weighted by Crippen LogP contribution is -2.17. The summed E-state index contributed by atoms with van der Waals surface area (Å²) in [7, 11) is 3.66. The van der Waals surface area contributed by atoms with Crippen LogP contribution in [0.25, 0.3) is 0 Å². The summed E-state index contributed by atoms with van der Waals surface area (Å²) >= 11 is 0. The maximum absolute atomic E-state index is 9.84. The van der Waals surface area contributed by atoms with Crippen LogP contribution in [-0.4, -0.2) is 24.2 Å². The predicted octanol–water partition coefficient (Wildman–Crippen LogP) is 2.62. The van der Waals surface area contributed by atoms with Crippen LogP contribution in [0.15, 0.2) is 42.5 Å². The van der Waals surface area contributed by atoms with Gasteiger partial charge in [-0.25, -0.2) is 0 Å². The molecule has 2 aromatic carbocycles. The fourth-order valence-corrected chi connectivity index (χ4v) is 2.20. The first-order valence-electron chi connectivity index (χ1n) is 6.48. The third-order valence-corrected chi connectivity index (χ3v) is 3.18. The molecule has 2 rings (SSSR count). The number of aromatic hydroxyl groups is 1. The average molecular weight is 272 g/mol. The summed E-state index contributed by atoms with van der Waals surface area (Å²) in [4.78, 5) is 2.10. The Hall–Kier alpha value is -2.20. The van der Waals surface area contributed by atoms with Gasteiger partial charge in [-0.2, -0.15) is 0 Å². The largest absolute Gasteiger partial charge is 0.508 e. The maximum Gasteiger partial charge on any atom is 0.123 e. The number of nitrogens with two attached hydrogens (primary N) is 1. The minimum atomic E-state index is 0.270. The standard InChI is InChI=1S/C16H20N2O2/c1-18(10-12-5-3-4-6-16(12)20-2)11-13-9-14(17)7-8-15(13)19/h3-9,19H,10-11,17H2,1-2H3. The average Bonchev–Trinajstić information content (AvgIpc) is 2.43. The highest BCUT2D eigenvalue weighted by Crippen LogP contribution is 2.23. The molecule has 0 aliphatic heterocycles. The van der Waals surface area contributed by atoms with E-state index in [2.05, 4.69) is 4.90 Å². The van der Waals surface area contributed by atoms with Crippen molar-refractivity contribution in [2.75, 3.05) is 19.9 Å². The number of para-hydroxylation sites is 1. The molecule has 0 atom stereocenters. The molecule has 0 aliphatic carbocycles. The topological polar surface area (TPSA) is 58.7 Å². The number of ether oxygens (including phenoxy) is 1. The summed E-state index contributed by atoms with van der Waals surface area (Å²) < 4.78 is 5.34. The van der Waals surface area contributed by atoms with Crippen LogP contribution < -0.4 is 10.5 Å². The zero-order valence-electron chi connectivity index (χ0n) is 11.8. The number of anilines is 1. The second kappa shape index (κ2) is 6.30. The van der Waals surface area contributed by atoms with Gasteiger partial charge in [0.1, 0.15) is 11.5 Å². The number of nitrogen functional groups attached to an aromatic ring is 1. The van der Waals surface area contributed by atoms with Gasteiger partial charge in [0.05, 0.1) is 7.11 Å². The van der Waals surface area contributed by atoms with Crippen molar-refractivity contribution in [3.63, 3.8) is 0 Å². The number of hydrogen-bond acceptors (Lipinski definition) is 4. The van der Waals surface area contributed by atoms with Crippen LogP contribution in [0, 0.1) is 0 Å². The Balaban J connectivity index is 2.09. The Bertz CT molecular complexity index is 584. The lowest BCUT2D eigenvalue weighted by atomic mass is 10.1. The van der Waals surface area contributed by atoms with Crippen LogP contribution in [0.3, 0.4) is 0 Å². The van der Waals surface area contributed by atoms with Gasteiger partial charge in [0.25, 0.3) is 0 Å². The van der Waals surface area contributed by atoms with E-state index in [0.29, 0.717) is 12.2 Å². The minimum Gasteiger partial charge on any atom is -0.508 e. The van der Waals surface area contributed by atoms with E-state index < -0.39 is 0 Å². The molecule has 0 unspecified atom stereocenters. The molecule has 0 saturated carbocycles. The molecule has 3 N–H and O–H groups in total. The number of phenolic OH excluding ortho intramolecular Hbond substituents is 1. The van der Waals surface area contributed by atoms with Crippen molar-refractivity contribution in [3.8, 4) is 11.5 Å². The van der Waals surface area contributed by atoms with Gasteiger partial charge in [-0.05, 0) is 31.3 Å². The molecule has 0 spiro atoms. The van der Waals surface area contributed by atoms with Gasteiger partial charge in [-0.15, -0.1) is 0 Å². The molecule has 0 heterocycles. The van der Waals surface area contributed by atoms with E-state index >= 15 is 0 Å². The van der Waals surface area contributed by atoms with Crippen LogP contribution in [0.5, 0.6) is 11.5 Å². The zero-order chi connectivity index (χ0) is 14.5. The Kier molecular flexibility index (Phi) is 4.48. The van der Waals surface area contributed by atoms with Crippen molar-refractivity contribution in [1.29, 1.82) is 0 Å². The molecule has 4 nitrogen and oxygen atoms in total. The molecule has 0 fully saturated rings. The molecular weight excluding hydrogens is 252 g/mol. The van der Waals surface area contributed by atoms with Gasteiger partial charge in [0.15, 0.2) is 0 Å². The molecule has 0 saturated heterocycles. The first kappa shape index (κ1) is 14.2. The Morgan fingerprint density at radius 3 is 2.55 bits per heavy atom. The van der Waals surface area contributed by atoms with Crippen molar-refractivity contribution in [2.24, 2.45) is 0 Å². The lowest BCUT2D eigenvalue weighted by molar-refractivity contribution is 0.305. The fourth-order valence-electron chi connectivity index (χ4n) is 2.20. The van der Waals surface area contributed by atoms with Gasteiger partial charge in [-0.3, -0.25) is 4.90 Å². The molecule has 4 heteroatoms. The van der Waals surface area contributed by atoms with Crippen LogP contribution >= 0.6 is 0 Å². The highest BCUT2D eigenvalue weighted by molar-refractivity contribution is 5.47. The van der Waals surface area contributed by atoms with Crippen molar-refractivity contribution in [2.45, 2.75) is 13.1 Å². The summed E-state index contributed by atoms with van der Waals surface area (Å²) in [6.07, 6.45) is 0. The summed E-state index contributed by atoms with van der Waals surface area (Å²) in [6, 6.07) is 13.0. The van der Waals surface area contributed by atoms with Crippen LogP contribution in [0.2, 0.25) is 0 Å². The monoisotopic (exact) mass is 272 g/mol. The van der Waals surface area contributed by atoms with Crippen molar-refractivity contribution < 1.29 is 9.84 Å². The van der Waals surface area contributed by atoms with E-state index in [1.807, 2.05) is 31.3 Å². The Morgan fingerprint density at radius 2 is 1.80 bits per heavy atom. The molecule has 0 aromatic heterocycles. The van der Waals surface area contributed by atoms with Gasteiger partial charge < -0.3 is 15.6 Å². The van der Waals surface area contributed by atoms with E-state index in [1.165, 1.54) is 0 Å². The lowest BCUT2D eigenvalue weighted by Gasteiger charge is -2.19. The number of rotatable bonds is 5. The molecule has 0 amide bonds. The van der Waals surface area contributed by atoms with Crippen molar-refractivity contribution >= 4 is 5.69 Å². The first-order chi connectivity index (χ1) is 9.60. The fraction of sp³-hybridized carbons (Fsp3) is 0.250. The molecular formula is C16H20N2O2. The zero-order valence-corrected chi connectivity index (χ0v) is 11.8. The Labute approximate surface area is 119 Å². The summed E-state index contributed by atoms with van der Waals surface area (Å²) in [5.41, 5.74) is 8.34. The number of nitrogens with zero attached hydrogens (tertiary/aromatic N) is 1. The van der Waals surface area contributed by atoms with E-state index in [0.717, 1.165) is 23.4 Å². The van der Waals surface area contributed by atoms with Crippen LogP contribution in [0.4, 0.5) is 5.69 Å². The molecule has 0 aliphatic rings. The normalized spacial score (nSPS) is 10.8. The van der Waals surface area contributed by atoms with E-state index in [-0.39, 0.29) is 5.75 Å². The molecule has 0 bridgehead atoms. The second-order valence-electron chi connectivity index (χ2n) is 4.87. The van der Waals surface area contributed by atoms with E-state index in [1.54, 1.807) is 25.3 Å². The molecule has 2 aromatic rings. The Morgan fingerprint density at radius 1 is 1.10 bits per heavy atom. The van der Waals surface area contributed by atoms with Gasteiger partial charge >= 0.3 is 0 Å². The van der Waals surface area contributed by atoms with Gasteiger partial charge in [0.2, 0.25) is 0 Å². The van der Waals surface area contributed by atoms with Gasteiger partial charge in [0, 0.05) is 29.9 Å². The number of phenols is 1. The van der Waals surface area contributed by atoms with E-state index in [9.17, 15) is 5.11 Å². The highest BCUT2D eigenvalue weighted by atomic mass is 16.5. The van der Waals surface area contributed by atoms with Crippen LogP contribution in [0.1, 0.15) is 11.1 Å². The summed E-state index contributed by atoms with van der Waals surface area (Å²) in [6.45, 7) is 1.35. The van der Waals surface area contributed by atoms with Gasteiger partial charge in [-0.1, -0.05) is 18.2 Å². The smallest absolute Gasteiger partial charge is 0.123 e. The molecule has 0 radical (unpaired) electrons. The first-order valence-corrected chi connectivity index (χ1v) is 6.48. The molecule has 20 heavy (non-hydrogen) atoms. The van der Waals surface area contributed by atoms with Crippen LogP contribution in [-0.2, 0) is 13.1 Å². The highest BCUT2D eigenvalue weighted by Gasteiger charge is 2.09. The van der Waals surface area contributed by atoms with E-state index in [4.69, 9.17) is 10.5 Å². The number of hydrogen-bond donors (Lipinski definition) is 2. The quantitative estimate of drug-likeness (QED) is 0.649. The minimum absolute atomic E-state index is 0.270. The SMILES string of the molecule is COc1ccccc1CN(C)Cc1cc(N)ccc1O. The third kappa shape index (κ3) is 3.42. The summed E-state index contributed by atoms with van der Waals surface area (Å²) in [5.74, 6) is 1.14. The maximum atomic E-state index is 9.84. The van der Waals surface area contributed by atoms with Crippen molar-refractivity contribution in [3.05, 3.63) is 53.6 Å². The summed E-state index contributed by atoms with van der Waals surface area (Å²) in [5, 5.41) is 9.84. The second-order valence-corrected chi connectivity index (χ2v) is 4.87. The molecule has 106 valence electrons. The predicted molar refractivity (Wildman–Crippen MR) is 80.7 cm³/mol. The number of methoxy groups -OCH3 is 1. The third-order valence-electron chi connectivity index (χ3n) is 3.18. The number of benzene rings is 2. The van der Waals surface area contributed by atoms with Crippen molar-refractivity contribution in [1.82, 2.24) is 4.90 Å².